The number of halogens is 1. The largest absolute Gasteiger partial charge is 0.490 e. The van der Waals surface area contributed by atoms with E-state index in [-0.39, 0.29) is 18.0 Å². The second-order valence-corrected chi connectivity index (χ2v) is 9.71. The zero-order valence-corrected chi connectivity index (χ0v) is 20.9. The molecule has 5 rings (SSSR count). The van der Waals surface area contributed by atoms with Crippen LogP contribution in [0.2, 0.25) is 0 Å². The number of hydrogen-bond donors (Lipinski definition) is 2. The van der Waals surface area contributed by atoms with Crippen molar-refractivity contribution in [1.29, 1.82) is 0 Å². The molecule has 1 unspecified atom stereocenters. The van der Waals surface area contributed by atoms with Crippen LogP contribution in [0.5, 0.6) is 5.75 Å². The average molecular weight is 500 g/mol. The number of amides is 2. The zero-order chi connectivity index (χ0) is 25.1. The Morgan fingerprint density at radius 1 is 1.28 bits per heavy atom. The minimum Gasteiger partial charge on any atom is -0.490 e. The minimum atomic E-state index is -0.464. The van der Waals surface area contributed by atoms with Crippen LogP contribution >= 0.6 is 0 Å². The number of fused-ring (bicyclic) bond motifs is 1. The lowest BCUT2D eigenvalue weighted by atomic mass is 10.2. The molecule has 3 aromatic rings. The summed E-state index contributed by atoms with van der Waals surface area (Å²) >= 11 is 0. The molecule has 11 heteroatoms. The van der Waals surface area contributed by atoms with Crippen molar-refractivity contribution < 1.29 is 18.7 Å². The highest BCUT2D eigenvalue weighted by Crippen LogP contribution is 2.32. The fourth-order valence-electron chi connectivity index (χ4n) is 4.65. The SMILES string of the molecule is CN(C)CCCOc1cc2[nH]c(-c3nn(C4CCCCO4)cc3NC(=O)N3CCCC3)nc2cc1F. The molecule has 194 valence electrons. The average Bonchev–Trinajstić information content (AvgIpc) is 3.62. The second-order valence-electron chi connectivity index (χ2n) is 9.71. The molecule has 36 heavy (non-hydrogen) atoms. The molecule has 0 saturated carbocycles. The molecule has 0 spiro atoms. The summed E-state index contributed by atoms with van der Waals surface area (Å²) in [6.07, 6.45) is 7.33. The molecule has 2 saturated heterocycles. The predicted molar refractivity (Wildman–Crippen MR) is 135 cm³/mol. The van der Waals surface area contributed by atoms with Crippen LogP contribution < -0.4 is 10.1 Å². The van der Waals surface area contributed by atoms with Gasteiger partial charge < -0.3 is 29.6 Å². The van der Waals surface area contributed by atoms with E-state index < -0.39 is 5.82 Å². The van der Waals surface area contributed by atoms with Gasteiger partial charge in [-0.2, -0.15) is 5.10 Å². The number of likely N-dealkylation sites (tertiary alicyclic amines) is 1. The summed E-state index contributed by atoms with van der Waals surface area (Å²) in [6, 6.07) is 2.83. The van der Waals surface area contributed by atoms with Crippen molar-refractivity contribution in [2.24, 2.45) is 0 Å². The number of urea groups is 1. The Labute approximate surface area is 209 Å². The fourth-order valence-corrected chi connectivity index (χ4v) is 4.65. The number of H-pyrrole nitrogens is 1. The molecule has 2 fully saturated rings. The first-order valence-corrected chi connectivity index (χ1v) is 12.7. The summed E-state index contributed by atoms with van der Waals surface area (Å²) in [6.45, 7) is 3.43. The van der Waals surface area contributed by atoms with Crippen molar-refractivity contribution in [2.75, 3.05) is 52.3 Å². The molecule has 4 heterocycles. The van der Waals surface area contributed by atoms with E-state index in [9.17, 15) is 9.18 Å². The van der Waals surface area contributed by atoms with Crippen molar-refractivity contribution in [3.8, 4) is 17.3 Å². The summed E-state index contributed by atoms with van der Waals surface area (Å²) in [5.74, 6) is 0.162. The lowest BCUT2D eigenvalue weighted by Crippen LogP contribution is -2.32. The molecular formula is C25H34FN7O3. The standard InChI is InChI=1S/C25H34FN7O3/c1-31(2)9-7-13-35-21-15-19-18(14-17(21)26)27-24(28-19)23-20(29-25(34)32-10-4-5-11-32)16-33(30-23)22-8-3-6-12-36-22/h14-16,22H,3-13H2,1-2H3,(H,27,28)(H,29,34). The number of carbonyl (C=O) groups excluding carboxylic acids is 1. The quantitative estimate of drug-likeness (QED) is 0.450. The number of ether oxygens (including phenoxy) is 2. The highest BCUT2D eigenvalue weighted by Gasteiger charge is 2.25. The third-order valence-corrected chi connectivity index (χ3v) is 6.58. The van der Waals surface area contributed by atoms with Gasteiger partial charge in [-0.1, -0.05) is 0 Å². The van der Waals surface area contributed by atoms with Gasteiger partial charge in [0.25, 0.3) is 0 Å². The summed E-state index contributed by atoms with van der Waals surface area (Å²) in [5, 5.41) is 7.74. The third kappa shape index (κ3) is 5.46. The Morgan fingerprint density at radius 3 is 2.86 bits per heavy atom. The van der Waals surface area contributed by atoms with Gasteiger partial charge in [0, 0.05) is 38.4 Å². The normalized spacial score (nSPS) is 18.3. The Hall–Kier alpha value is -3.18. The maximum atomic E-state index is 14.7. The van der Waals surface area contributed by atoms with E-state index in [2.05, 4.69) is 20.2 Å². The highest BCUT2D eigenvalue weighted by atomic mass is 19.1. The number of aromatic nitrogens is 4. The summed E-state index contributed by atoms with van der Waals surface area (Å²) in [5.41, 5.74) is 2.13. The molecule has 2 aliphatic heterocycles. The zero-order valence-electron chi connectivity index (χ0n) is 20.9. The number of benzene rings is 1. The molecule has 1 atom stereocenters. The van der Waals surface area contributed by atoms with Crippen LogP contribution in [0.1, 0.15) is 44.8 Å². The summed E-state index contributed by atoms with van der Waals surface area (Å²) in [4.78, 5) is 24.5. The Kier molecular flexibility index (Phi) is 7.38. The van der Waals surface area contributed by atoms with Crippen molar-refractivity contribution in [2.45, 2.75) is 44.8 Å². The van der Waals surface area contributed by atoms with Gasteiger partial charge in [-0.3, -0.25) is 0 Å². The number of anilines is 1. The van der Waals surface area contributed by atoms with Crippen LogP contribution in [0.4, 0.5) is 14.9 Å². The Bertz CT molecular complexity index is 1200. The van der Waals surface area contributed by atoms with Crippen molar-refractivity contribution >= 4 is 22.8 Å². The first kappa shape index (κ1) is 24.5. The van der Waals surface area contributed by atoms with Gasteiger partial charge in [-0.05, 0) is 52.6 Å². The number of nitrogens with zero attached hydrogens (tertiary/aromatic N) is 5. The van der Waals surface area contributed by atoms with Gasteiger partial charge >= 0.3 is 6.03 Å². The van der Waals surface area contributed by atoms with Gasteiger partial charge in [-0.15, -0.1) is 0 Å². The molecule has 0 aliphatic carbocycles. The third-order valence-electron chi connectivity index (χ3n) is 6.58. The van der Waals surface area contributed by atoms with Gasteiger partial charge in [0.1, 0.15) is 6.23 Å². The van der Waals surface area contributed by atoms with E-state index >= 15 is 0 Å². The first-order valence-electron chi connectivity index (χ1n) is 12.7. The molecule has 0 bridgehead atoms. The lowest BCUT2D eigenvalue weighted by Gasteiger charge is -2.22. The highest BCUT2D eigenvalue weighted by molar-refractivity contribution is 5.93. The van der Waals surface area contributed by atoms with Gasteiger partial charge in [0.2, 0.25) is 0 Å². The molecule has 10 nitrogen and oxygen atoms in total. The van der Waals surface area contributed by atoms with Crippen molar-refractivity contribution in [3.05, 3.63) is 24.1 Å². The van der Waals surface area contributed by atoms with Crippen LogP contribution in [0.15, 0.2) is 18.3 Å². The Balaban J connectivity index is 1.42. The maximum Gasteiger partial charge on any atom is 0.321 e. The number of imidazole rings is 1. The van der Waals surface area contributed by atoms with Crippen LogP contribution in [0.3, 0.4) is 0 Å². The van der Waals surface area contributed by atoms with E-state index in [0.29, 0.717) is 41.5 Å². The second kappa shape index (κ2) is 10.8. The molecular weight excluding hydrogens is 465 g/mol. The van der Waals surface area contributed by atoms with Crippen molar-refractivity contribution in [1.82, 2.24) is 29.5 Å². The van der Waals surface area contributed by atoms with E-state index in [4.69, 9.17) is 14.6 Å². The first-order chi connectivity index (χ1) is 17.5. The van der Waals surface area contributed by atoms with Gasteiger partial charge in [-0.25, -0.2) is 18.9 Å². The molecule has 0 radical (unpaired) electrons. The van der Waals surface area contributed by atoms with E-state index in [1.807, 2.05) is 14.1 Å². The van der Waals surface area contributed by atoms with E-state index in [1.54, 1.807) is 21.8 Å². The number of aromatic amines is 1. The van der Waals surface area contributed by atoms with E-state index in [1.165, 1.54) is 6.07 Å². The lowest BCUT2D eigenvalue weighted by molar-refractivity contribution is -0.0393. The van der Waals surface area contributed by atoms with Gasteiger partial charge in [0.05, 0.1) is 29.5 Å². The van der Waals surface area contributed by atoms with Crippen LogP contribution in [0, 0.1) is 5.82 Å². The maximum absolute atomic E-state index is 14.7. The fraction of sp³-hybridized carbons (Fsp3) is 0.560. The monoisotopic (exact) mass is 499 g/mol. The van der Waals surface area contributed by atoms with Crippen LogP contribution in [0.25, 0.3) is 22.6 Å². The number of rotatable bonds is 8. The summed E-state index contributed by atoms with van der Waals surface area (Å²) < 4.78 is 28.0. The molecule has 2 amide bonds. The van der Waals surface area contributed by atoms with E-state index in [0.717, 1.165) is 58.2 Å². The minimum absolute atomic E-state index is 0.159. The molecule has 1 aromatic carbocycles. The van der Waals surface area contributed by atoms with Crippen molar-refractivity contribution in [3.63, 3.8) is 0 Å². The van der Waals surface area contributed by atoms with Crippen LogP contribution in [-0.4, -0.2) is 82.5 Å². The van der Waals surface area contributed by atoms with Crippen LogP contribution in [-0.2, 0) is 4.74 Å². The number of nitrogens with one attached hydrogen (secondary N) is 2. The predicted octanol–water partition coefficient (Wildman–Crippen LogP) is 4.22. The number of hydrogen-bond acceptors (Lipinski definition) is 6. The smallest absolute Gasteiger partial charge is 0.321 e. The van der Waals surface area contributed by atoms with Gasteiger partial charge in [0.15, 0.2) is 23.1 Å². The molecule has 2 N–H and O–H groups in total. The topological polar surface area (TPSA) is 101 Å². The molecule has 2 aliphatic rings. The Morgan fingerprint density at radius 2 is 2.11 bits per heavy atom. The number of carbonyl (C=O) groups is 1. The summed E-state index contributed by atoms with van der Waals surface area (Å²) in [7, 11) is 3.98. The molecule has 2 aromatic heterocycles.